The average Bonchev–Trinajstić information content (AvgIpc) is 2.73. The molecule has 7 heteroatoms. The fourth-order valence-corrected chi connectivity index (χ4v) is 4.07. The highest BCUT2D eigenvalue weighted by atomic mass is 35.5. The molecule has 30 heavy (non-hydrogen) atoms. The van der Waals surface area contributed by atoms with Crippen molar-refractivity contribution in [3.8, 4) is 16.9 Å². The molecule has 0 heterocycles. The first kappa shape index (κ1) is 20.4. The van der Waals surface area contributed by atoms with Crippen molar-refractivity contribution in [1.82, 2.24) is 0 Å². The average molecular weight is 458 g/mol. The molecule has 3 N–H and O–H groups in total. The Morgan fingerprint density at radius 2 is 1.53 bits per heavy atom. The number of urea groups is 1. The van der Waals surface area contributed by atoms with Crippen molar-refractivity contribution in [3.05, 3.63) is 87.9 Å². The number of phenols is 1. The van der Waals surface area contributed by atoms with E-state index in [1.54, 1.807) is 18.2 Å². The fraction of sp³-hybridized carbons (Fsp3) is 0. The van der Waals surface area contributed by atoms with Crippen LogP contribution < -0.4 is 10.6 Å². The van der Waals surface area contributed by atoms with Crippen LogP contribution in [0.1, 0.15) is 0 Å². The molecule has 0 radical (unpaired) electrons. The number of carbonyl (C=O) groups excluding carboxylic acids is 1. The van der Waals surface area contributed by atoms with Gasteiger partial charge >= 0.3 is 6.03 Å². The molecule has 0 spiro atoms. The number of hydrogen-bond acceptors (Lipinski definition) is 2. The first-order valence-corrected chi connectivity index (χ1v) is 10.1. The van der Waals surface area contributed by atoms with Gasteiger partial charge in [0.1, 0.15) is 5.75 Å². The van der Waals surface area contributed by atoms with Crippen LogP contribution in [0.3, 0.4) is 0 Å². The van der Waals surface area contributed by atoms with Gasteiger partial charge in [-0.15, -0.1) is 0 Å². The standard InChI is InChI=1S/C23H15Cl3N2O2/c24-18-12-19(25)22(17-11-14(29)9-10-16(17)18)28-23(30)27-20-8-4-7-15(21(20)26)13-5-2-1-3-6-13/h1-12,29H,(H2,27,28,30). The maximum absolute atomic E-state index is 12.7. The zero-order valence-electron chi connectivity index (χ0n) is 15.4. The van der Waals surface area contributed by atoms with Gasteiger partial charge in [0.05, 0.1) is 26.4 Å². The molecule has 4 rings (SSSR count). The van der Waals surface area contributed by atoms with Gasteiger partial charge in [-0.2, -0.15) is 0 Å². The normalized spacial score (nSPS) is 10.8. The van der Waals surface area contributed by atoms with Crippen LogP contribution in [0.2, 0.25) is 15.1 Å². The number of phenolic OH excluding ortho intramolecular Hbond substituents is 1. The summed E-state index contributed by atoms with van der Waals surface area (Å²) in [7, 11) is 0. The Hall–Kier alpha value is -2.92. The summed E-state index contributed by atoms with van der Waals surface area (Å²) in [6.07, 6.45) is 0. The second-order valence-corrected chi connectivity index (χ2v) is 7.75. The van der Waals surface area contributed by atoms with Crippen molar-refractivity contribution in [2.45, 2.75) is 0 Å². The first-order valence-electron chi connectivity index (χ1n) is 8.96. The van der Waals surface area contributed by atoms with E-state index in [4.69, 9.17) is 34.8 Å². The van der Waals surface area contributed by atoms with E-state index >= 15 is 0 Å². The third-order valence-corrected chi connectivity index (χ3v) is 5.61. The number of hydrogen-bond donors (Lipinski definition) is 3. The SMILES string of the molecule is O=C(Nc1cccc(-c2ccccc2)c1Cl)Nc1c(Cl)cc(Cl)c2ccc(O)cc12. The van der Waals surface area contributed by atoms with Crippen molar-refractivity contribution < 1.29 is 9.90 Å². The van der Waals surface area contributed by atoms with Crippen molar-refractivity contribution in [1.29, 1.82) is 0 Å². The van der Waals surface area contributed by atoms with Crippen LogP contribution in [0, 0.1) is 0 Å². The molecule has 150 valence electrons. The van der Waals surface area contributed by atoms with Crippen LogP contribution in [0.5, 0.6) is 5.75 Å². The molecule has 0 unspecified atom stereocenters. The van der Waals surface area contributed by atoms with Crippen LogP contribution >= 0.6 is 34.8 Å². The lowest BCUT2D eigenvalue weighted by Crippen LogP contribution is -2.20. The summed E-state index contributed by atoms with van der Waals surface area (Å²) in [5.41, 5.74) is 2.52. The van der Waals surface area contributed by atoms with E-state index in [2.05, 4.69) is 10.6 Å². The molecule has 0 saturated heterocycles. The van der Waals surface area contributed by atoms with Crippen LogP contribution in [0.15, 0.2) is 72.8 Å². The van der Waals surface area contributed by atoms with E-state index < -0.39 is 6.03 Å². The predicted octanol–water partition coefficient (Wildman–Crippen LogP) is 7.82. The Kier molecular flexibility index (Phi) is 5.73. The topological polar surface area (TPSA) is 61.4 Å². The third kappa shape index (κ3) is 4.03. The number of carbonyl (C=O) groups is 1. The molecule has 0 aliphatic carbocycles. The third-order valence-electron chi connectivity index (χ3n) is 4.59. The Bertz CT molecular complexity index is 1260. The summed E-state index contributed by atoms with van der Waals surface area (Å²) in [4.78, 5) is 12.7. The summed E-state index contributed by atoms with van der Waals surface area (Å²) in [5.74, 6) is 0.0305. The monoisotopic (exact) mass is 456 g/mol. The molecule has 4 aromatic carbocycles. The second-order valence-electron chi connectivity index (χ2n) is 6.56. The van der Waals surface area contributed by atoms with E-state index in [1.807, 2.05) is 42.5 Å². The predicted molar refractivity (Wildman–Crippen MR) is 125 cm³/mol. The van der Waals surface area contributed by atoms with E-state index in [-0.39, 0.29) is 10.8 Å². The van der Waals surface area contributed by atoms with Crippen LogP contribution in [-0.4, -0.2) is 11.1 Å². The highest BCUT2D eigenvalue weighted by molar-refractivity contribution is 6.41. The highest BCUT2D eigenvalue weighted by Crippen LogP contribution is 2.38. The highest BCUT2D eigenvalue weighted by Gasteiger charge is 2.15. The summed E-state index contributed by atoms with van der Waals surface area (Å²) in [6.45, 7) is 0. The number of aromatic hydroxyl groups is 1. The molecular formula is C23H15Cl3N2O2. The number of amides is 2. The Balaban J connectivity index is 1.65. The lowest BCUT2D eigenvalue weighted by atomic mass is 10.1. The van der Waals surface area contributed by atoms with Gasteiger partial charge in [-0.05, 0) is 35.9 Å². The van der Waals surface area contributed by atoms with Gasteiger partial charge in [0.2, 0.25) is 0 Å². The van der Waals surface area contributed by atoms with Gasteiger partial charge in [0, 0.05) is 16.3 Å². The van der Waals surface area contributed by atoms with Gasteiger partial charge in [-0.25, -0.2) is 4.79 Å². The van der Waals surface area contributed by atoms with E-state index in [9.17, 15) is 9.90 Å². The van der Waals surface area contributed by atoms with Gasteiger partial charge < -0.3 is 15.7 Å². The zero-order chi connectivity index (χ0) is 21.3. The quantitative estimate of drug-likeness (QED) is 0.294. The lowest BCUT2D eigenvalue weighted by Gasteiger charge is -2.15. The summed E-state index contributed by atoms with van der Waals surface area (Å²) in [5, 5.41) is 17.6. The van der Waals surface area contributed by atoms with Crippen molar-refractivity contribution >= 4 is 63.0 Å². The number of benzene rings is 4. The number of rotatable bonds is 3. The van der Waals surface area contributed by atoms with Gasteiger partial charge in [-0.1, -0.05) is 77.3 Å². The van der Waals surface area contributed by atoms with E-state index in [0.29, 0.717) is 32.2 Å². The smallest absolute Gasteiger partial charge is 0.323 e. The molecule has 2 amide bonds. The minimum Gasteiger partial charge on any atom is -0.508 e. The molecular weight excluding hydrogens is 443 g/mol. The molecule has 0 atom stereocenters. The molecule has 0 bridgehead atoms. The van der Waals surface area contributed by atoms with E-state index in [0.717, 1.165) is 11.1 Å². The molecule has 0 aromatic heterocycles. The molecule has 0 aliphatic rings. The van der Waals surface area contributed by atoms with Crippen molar-refractivity contribution in [2.75, 3.05) is 10.6 Å². The number of halogens is 3. The molecule has 4 nitrogen and oxygen atoms in total. The summed E-state index contributed by atoms with van der Waals surface area (Å²) in [6, 6.07) is 20.7. The zero-order valence-corrected chi connectivity index (χ0v) is 17.7. The minimum atomic E-state index is -0.532. The van der Waals surface area contributed by atoms with Crippen molar-refractivity contribution in [3.63, 3.8) is 0 Å². The number of fused-ring (bicyclic) bond motifs is 1. The largest absolute Gasteiger partial charge is 0.508 e. The number of anilines is 2. The van der Waals surface area contributed by atoms with Gasteiger partial charge in [-0.3, -0.25) is 0 Å². The Labute approximate surface area is 188 Å². The first-order chi connectivity index (χ1) is 14.4. The van der Waals surface area contributed by atoms with Crippen LogP contribution in [0.25, 0.3) is 21.9 Å². The summed E-state index contributed by atoms with van der Waals surface area (Å²) >= 11 is 19.1. The number of nitrogens with one attached hydrogen (secondary N) is 2. The fourth-order valence-electron chi connectivity index (χ4n) is 3.20. The van der Waals surface area contributed by atoms with Crippen LogP contribution in [-0.2, 0) is 0 Å². The maximum Gasteiger partial charge on any atom is 0.323 e. The summed E-state index contributed by atoms with van der Waals surface area (Å²) < 4.78 is 0. The van der Waals surface area contributed by atoms with Gasteiger partial charge in [0.25, 0.3) is 0 Å². The van der Waals surface area contributed by atoms with E-state index in [1.165, 1.54) is 12.1 Å². The Morgan fingerprint density at radius 1 is 0.767 bits per heavy atom. The van der Waals surface area contributed by atoms with Crippen molar-refractivity contribution in [2.24, 2.45) is 0 Å². The lowest BCUT2D eigenvalue weighted by molar-refractivity contribution is 0.262. The molecule has 0 saturated carbocycles. The maximum atomic E-state index is 12.7. The molecule has 0 fully saturated rings. The second kappa shape index (κ2) is 8.44. The molecule has 4 aromatic rings. The van der Waals surface area contributed by atoms with Gasteiger partial charge in [0.15, 0.2) is 0 Å². The molecule has 0 aliphatic heterocycles. The minimum absolute atomic E-state index is 0.0305. The van der Waals surface area contributed by atoms with Crippen LogP contribution in [0.4, 0.5) is 16.2 Å². The Morgan fingerprint density at radius 3 is 2.30 bits per heavy atom.